The number of nitrogens with one attached hydrogen (secondary N) is 1. The van der Waals surface area contributed by atoms with Gasteiger partial charge in [0.15, 0.2) is 0 Å². The van der Waals surface area contributed by atoms with Crippen LogP contribution in [0, 0.1) is 20.8 Å². The average molecular weight is 447 g/mol. The topological polar surface area (TPSA) is 92.8 Å². The predicted molar refractivity (Wildman–Crippen MR) is 123 cm³/mol. The Kier molecular flexibility index (Phi) is 7.84. The predicted octanol–water partition coefficient (Wildman–Crippen LogP) is 3.97. The number of aryl methyl sites for hydroxylation is 3. The molecule has 0 heterocycles. The number of sulfonamides is 1. The Morgan fingerprint density at radius 2 is 1.65 bits per heavy atom. The van der Waals surface area contributed by atoms with Crippen LogP contribution in [0.15, 0.2) is 36.4 Å². The second-order valence-corrected chi connectivity index (χ2v) is 9.43. The summed E-state index contributed by atoms with van der Waals surface area (Å²) in [5.41, 5.74) is 3.73. The summed E-state index contributed by atoms with van der Waals surface area (Å²) in [5, 5.41) is 2.80. The Morgan fingerprint density at radius 1 is 1.03 bits per heavy atom. The highest BCUT2D eigenvalue weighted by Crippen LogP contribution is 2.26. The molecule has 0 bridgehead atoms. The minimum absolute atomic E-state index is 0.242. The third-order valence-electron chi connectivity index (χ3n) is 4.80. The van der Waals surface area contributed by atoms with E-state index >= 15 is 0 Å². The van der Waals surface area contributed by atoms with Gasteiger partial charge in [0.2, 0.25) is 15.9 Å². The van der Waals surface area contributed by atoms with Gasteiger partial charge >= 0.3 is 5.97 Å². The van der Waals surface area contributed by atoms with E-state index in [1.165, 1.54) is 0 Å². The van der Waals surface area contributed by atoms with E-state index in [9.17, 15) is 18.0 Å². The largest absolute Gasteiger partial charge is 0.462 e. The third-order valence-corrected chi connectivity index (χ3v) is 5.98. The fourth-order valence-electron chi connectivity index (χ4n) is 3.45. The van der Waals surface area contributed by atoms with Crippen molar-refractivity contribution in [1.82, 2.24) is 0 Å². The maximum atomic E-state index is 13.2. The molecule has 0 aliphatic rings. The number of ether oxygens (including phenoxy) is 1. The van der Waals surface area contributed by atoms with E-state index in [1.54, 1.807) is 51.1 Å². The number of hydrogen-bond acceptors (Lipinski definition) is 5. The van der Waals surface area contributed by atoms with Gasteiger partial charge in [-0.3, -0.25) is 9.10 Å². The van der Waals surface area contributed by atoms with Crippen molar-refractivity contribution in [2.45, 2.75) is 47.1 Å². The summed E-state index contributed by atoms with van der Waals surface area (Å²) < 4.78 is 31.5. The van der Waals surface area contributed by atoms with E-state index in [1.807, 2.05) is 19.9 Å². The number of esters is 1. The minimum atomic E-state index is -3.74. The van der Waals surface area contributed by atoms with Crippen LogP contribution in [0.4, 0.5) is 11.4 Å². The number of hydrogen-bond donors (Lipinski definition) is 1. The molecule has 7 nitrogen and oxygen atoms in total. The SMILES string of the molecule is CCOC(=O)c1ccc(C)c(NC(=O)[C@H](CC)N(c2cc(C)cc(C)c2)S(C)(=O)=O)c1. The van der Waals surface area contributed by atoms with Crippen LogP contribution in [-0.2, 0) is 19.6 Å². The van der Waals surface area contributed by atoms with Crippen LogP contribution in [-0.4, -0.2) is 39.2 Å². The molecule has 0 unspecified atom stereocenters. The van der Waals surface area contributed by atoms with Crippen LogP contribution >= 0.6 is 0 Å². The molecular formula is C23H30N2O5S. The normalized spacial score (nSPS) is 12.2. The molecule has 2 aromatic rings. The quantitative estimate of drug-likeness (QED) is 0.620. The molecule has 0 radical (unpaired) electrons. The number of benzene rings is 2. The van der Waals surface area contributed by atoms with E-state index in [2.05, 4.69) is 5.32 Å². The zero-order valence-electron chi connectivity index (χ0n) is 18.9. The lowest BCUT2D eigenvalue weighted by Crippen LogP contribution is -2.47. The molecule has 0 saturated heterocycles. The maximum absolute atomic E-state index is 13.2. The van der Waals surface area contributed by atoms with Gasteiger partial charge in [-0.1, -0.05) is 19.1 Å². The zero-order chi connectivity index (χ0) is 23.3. The first-order valence-corrected chi connectivity index (χ1v) is 12.0. The van der Waals surface area contributed by atoms with Crippen molar-refractivity contribution in [3.63, 3.8) is 0 Å². The first kappa shape index (κ1) is 24.4. The van der Waals surface area contributed by atoms with Crippen LogP contribution in [0.2, 0.25) is 0 Å². The summed E-state index contributed by atoms with van der Waals surface area (Å²) in [6.45, 7) is 9.26. The number of rotatable bonds is 8. The molecule has 31 heavy (non-hydrogen) atoms. The number of carbonyl (C=O) groups excluding carboxylic acids is 2. The van der Waals surface area contributed by atoms with Gasteiger partial charge in [0.05, 0.1) is 24.1 Å². The lowest BCUT2D eigenvalue weighted by Gasteiger charge is -2.30. The Hall–Kier alpha value is -2.87. The zero-order valence-corrected chi connectivity index (χ0v) is 19.7. The van der Waals surface area contributed by atoms with E-state index in [-0.39, 0.29) is 13.0 Å². The summed E-state index contributed by atoms with van der Waals surface area (Å²) in [4.78, 5) is 25.3. The summed E-state index contributed by atoms with van der Waals surface area (Å²) in [5.74, 6) is -0.964. The molecule has 168 valence electrons. The molecular weight excluding hydrogens is 416 g/mol. The highest BCUT2D eigenvalue weighted by molar-refractivity contribution is 7.92. The molecule has 1 atom stereocenters. The molecule has 0 fully saturated rings. The van der Waals surface area contributed by atoms with Crippen molar-refractivity contribution in [1.29, 1.82) is 0 Å². The van der Waals surface area contributed by atoms with Gasteiger partial charge in [-0.2, -0.15) is 0 Å². The third kappa shape index (κ3) is 6.07. The molecule has 0 aliphatic heterocycles. The van der Waals surface area contributed by atoms with Gasteiger partial charge < -0.3 is 10.1 Å². The van der Waals surface area contributed by atoms with Crippen LogP contribution in [0.5, 0.6) is 0 Å². The maximum Gasteiger partial charge on any atom is 0.338 e. The molecule has 0 aromatic heterocycles. The standard InChI is InChI=1S/C23H30N2O5S/c1-7-21(25(31(6,28)29)19-12-15(3)11-16(4)13-19)22(26)24-20-14-18(10-9-17(20)5)23(27)30-8-2/h9-14,21H,7-8H2,1-6H3,(H,24,26)/t21-/m0/s1. The summed E-state index contributed by atoms with van der Waals surface area (Å²) in [7, 11) is -3.74. The molecule has 0 saturated carbocycles. The molecule has 1 N–H and O–H groups in total. The van der Waals surface area contributed by atoms with Crippen molar-refractivity contribution < 1.29 is 22.7 Å². The minimum Gasteiger partial charge on any atom is -0.462 e. The van der Waals surface area contributed by atoms with E-state index in [0.29, 0.717) is 16.9 Å². The Morgan fingerprint density at radius 3 is 2.16 bits per heavy atom. The second-order valence-electron chi connectivity index (χ2n) is 7.57. The van der Waals surface area contributed by atoms with Crippen molar-refractivity contribution >= 4 is 33.3 Å². The smallest absolute Gasteiger partial charge is 0.338 e. The number of nitrogens with zero attached hydrogens (tertiary/aromatic N) is 1. The molecule has 0 aliphatic carbocycles. The molecule has 0 spiro atoms. The van der Waals surface area contributed by atoms with Crippen molar-refractivity contribution in [2.75, 3.05) is 22.5 Å². The van der Waals surface area contributed by atoms with E-state index in [0.717, 1.165) is 27.3 Å². The van der Waals surface area contributed by atoms with Crippen molar-refractivity contribution in [2.24, 2.45) is 0 Å². The molecule has 1 amide bonds. The van der Waals surface area contributed by atoms with Crippen LogP contribution < -0.4 is 9.62 Å². The number of anilines is 2. The first-order chi connectivity index (χ1) is 14.5. The number of carbonyl (C=O) groups is 2. The average Bonchev–Trinajstić information content (AvgIpc) is 2.65. The number of amides is 1. The first-order valence-electron chi connectivity index (χ1n) is 10.1. The van der Waals surface area contributed by atoms with Gasteiger partial charge in [0.1, 0.15) is 6.04 Å². The van der Waals surface area contributed by atoms with Crippen LogP contribution in [0.25, 0.3) is 0 Å². The highest BCUT2D eigenvalue weighted by atomic mass is 32.2. The molecule has 2 aromatic carbocycles. The monoisotopic (exact) mass is 446 g/mol. The van der Waals surface area contributed by atoms with Gasteiger partial charge in [0, 0.05) is 5.69 Å². The van der Waals surface area contributed by atoms with Crippen LogP contribution in [0.3, 0.4) is 0 Å². The van der Waals surface area contributed by atoms with Crippen molar-refractivity contribution in [3.05, 3.63) is 58.7 Å². The summed E-state index contributed by atoms with van der Waals surface area (Å²) in [6.07, 6.45) is 1.36. The summed E-state index contributed by atoms with van der Waals surface area (Å²) in [6, 6.07) is 9.35. The second kappa shape index (κ2) is 9.96. The van der Waals surface area contributed by atoms with Gasteiger partial charge in [0.25, 0.3) is 0 Å². The Labute approximate surface area is 184 Å². The van der Waals surface area contributed by atoms with Gasteiger partial charge in [-0.05, 0) is 75.1 Å². The van der Waals surface area contributed by atoms with Crippen molar-refractivity contribution in [3.8, 4) is 0 Å². The highest BCUT2D eigenvalue weighted by Gasteiger charge is 2.32. The fourth-order valence-corrected chi connectivity index (χ4v) is 4.65. The molecule has 8 heteroatoms. The van der Waals surface area contributed by atoms with Crippen LogP contribution in [0.1, 0.15) is 47.3 Å². The Balaban J connectivity index is 2.43. The van der Waals surface area contributed by atoms with Gasteiger partial charge in [-0.15, -0.1) is 0 Å². The Bertz CT molecular complexity index is 1060. The fraction of sp³-hybridized carbons (Fsp3) is 0.391. The lowest BCUT2D eigenvalue weighted by molar-refractivity contribution is -0.117. The van der Waals surface area contributed by atoms with Gasteiger partial charge in [-0.25, -0.2) is 13.2 Å². The van der Waals surface area contributed by atoms with E-state index < -0.39 is 27.9 Å². The molecule has 2 rings (SSSR count). The van der Waals surface area contributed by atoms with E-state index in [4.69, 9.17) is 4.74 Å². The summed E-state index contributed by atoms with van der Waals surface area (Å²) >= 11 is 0. The lowest BCUT2D eigenvalue weighted by atomic mass is 10.1.